The first-order valence-electron chi connectivity index (χ1n) is 4.27. The van der Waals surface area contributed by atoms with Crippen molar-refractivity contribution in [1.82, 2.24) is 0 Å². The quantitative estimate of drug-likeness (QED) is 0.544. The number of allylic oxidation sites excluding steroid dienone is 1. The van der Waals surface area contributed by atoms with Crippen LogP contribution in [-0.4, -0.2) is 12.9 Å². The van der Waals surface area contributed by atoms with E-state index in [1.807, 2.05) is 6.92 Å². The minimum absolute atomic E-state index is 0.0144. The van der Waals surface area contributed by atoms with Crippen LogP contribution in [0.2, 0.25) is 0 Å². The molecule has 0 heterocycles. The van der Waals surface area contributed by atoms with Crippen molar-refractivity contribution in [2.75, 3.05) is 6.61 Å². The average Bonchev–Trinajstić information content (AvgIpc) is 2.20. The summed E-state index contributed by atoms with van der Waals surface area (Å²) in [6, 6.07) is 4.25. The van der Waals surface area contributed by atoms with Gasteiger partial charge in [-0.3, -0.25) is 4.79 Å². The third-order valence-corrected chi connectivity index (χ3v) is 1.68. The molecular weight excluding hydrogens is 183 g/mol. The molecule has 0 bridgehead atoms. The molecule has 0 aliphatic carbocycles. The van der Waals surface area contributed by atoms with Crippen molar-refractivity contribution in [3.63, 3.8) is 0 Å². The Balaban J connectivity index is 2.87. The zero-order valence-corrected chi connectivity index (χ0v) is 7.87. The lowest BCUT2D eigenvalue weighted by molar-refractivity contribution is 0.111. The summed E-state index contributed by atoms with van der Waals surface area (Å²) in [5.41, 5.74) is 0.231. The molecule has 1 aromatic carbocycles. The molecule has 0 fully saturated rings. The molecule has 14 heavy (non-hydrogen) atoms. The summed E-state index contributed by atoms with van der Waals surface area (Å²) >= 11 is 0. The van der Waals surface area contributed by atoms with Crippen LogP contribution in [0, 0.1) is 5.82 Å². The van der Waals surface area contributed by atoms with Crippen LogP contribution in [-0.2, 0) is 0 Å². The maximum absolute atomic E-state index is 13.2. The standard InChI is InChI=1S/C11H11FO2/c1-2-3-7-14-11-9(8-13)5-4-6-10(11)12/h2-6,8H,7H2,1H3/b3-2+. The van der Waals surface area contributed by atoms with E-state index < -0.39 is 5.82 Å². The Morgan fingerprint density at radius 3 is 2.93 bits per heavy atom. The molecule has 0 saturated heterocycles. The van der Waals surface area contributed by atoms with Crippen molar-refractivity contribution in [2.45, 2.75) is 6.92 Å². The number of para-hydroxylation sites is 1. The lowest BCUT2D eigenvalue weighted by Gasteiger charge is -2.06. The number of hydrogen-bond donors (Lipinski definition) is 0. The predicted molar refractivity (Wildman–Crippen MR) is 52.1 cm³/mol. The van der Waals surface area contributed by atoms with Gasteiger partial charge in [0.05, 0.1) is 5.56 Å². The molecule has 0 radical (unpaired) electrons. The molecule has 0 aliphatic rings. The first-order valence-corrected chi connectivity index (χ1v) is 4.27. The van der Waals surface area contributed by atoms with Crippen LogP contribution in [0.15, 0.2) is 30.4 Å². The summed E-state index contributed by atoms with van der Waals surface area (Å²) in [6.45, 7) is 2.10. The van der Waals surface area contributed by atoms with Gasteiger partial charge < -0.3 is 4.74 Å². The Morgan fingerprint density at radius 2 is 2.29 bits per heavy atom. The monoisotopic (exact) mass is 194 g/mol. The Kier molecular flexibility index (Phi) is 3.85. The van der Waals surface area contributed by atoms with Gasteiger partial charge in [-0.15, -0.1) is 0 Å². The number of hydrogen-bond acceptors (Lipinski definition) is 2. The molecule has 1 aromatic rings. The molecule has 0 aromatic heterocycles. The van der Waals surface area contributed by atoms with E-state index in [0.29, 0.717) is 6.29 Å². The van der Waals surface area contributed by atoms with Crippen LogP contribution in [0.4, 0.5) is 4.39 Å². The number of carbonyl (C=O) groups excluding carboxylic acids is 1. The van der Waals surface area contributed by atoms with Gasteiger partial charge in [0.2, 0.25) is 0 Å². The SMILES string of the molecule is C/C=C/COc1c(F)cccc1C=O. The molecule has 0 saturated carbocycles. The normalized spacial score (nSPS) is 10.4. The molecule has 3 heteroatoms. The topological polar surface area (TPSA) is 26.3 Å². The second-order valence-electron chi connectivity index (χ2n) is 2.66. The van der Waals surface area contributed by atoms with E-state index in [2.05, 4.69) is 0 Å². The molecule has 1 rings (SSSR count). The van der Waals surface area contributed by atoms with Crippen molar-refractivity contribution >= 4 is 6.29 Å². The molecular formula is C11H11FO2. The van der Waals surface area contributed by atoms with Crippen LogP contribution in [0.5, 0.6) is 5.75 Å². The second kappa shape index (κ2) is 5.17. The minimum Gasteiger partial charge on any atom is -0.486 e. The lowest BCUT2D eigenvalue weighted by atomic mass is 10.2. The highest BCUT2D eigenvalue weighted by Gasteiger charge is 2.07. The highest BCUT2D eigenvalue weighted by Crippen LogP contribution is 2.20. The molecule has 0 unspecified atom stereocenters. The lowest BCUT2D eigenvalue weighted by Crippen LogP contribution is -1.99. The second-order valence-corrected chi connectivity index (χ2v) is 2.66. The predicted octanol–water partition coefficient (Wildman–Crippen LogP) is 2.59. The van der Waals surface area contributed by atoms with Crippen LogP contribution in [0.25, 0.3) is 0 Å². The Labute approximate surface area is 82.0 Å². The fourth-order valence-electron chi connectivity index (χ4n) is 0.998. The summed E-state index contributed by atoms with van der Waals surface area (Å²) in [5, 5.41) is 0. The Morgan fingerprint density at radius 1 is 1.50 bits per heavy atom. The van der Waals surface area contributed by atoms with Gasteiger partial charge in [-0.25, -0.2) is 4.39 Å². The number of halogens is 1. The fourth-order valence-corrected chi connectivity index (χ4v) is 0.998. The highest BCUT2D eigenvalue weighted by molar-refractivity contribution is 5.79. The zero-order valence-electron chi connectivity index (χ0n) is 7.87. The molecule has 2 nitrogen and oxygen atoms in total. The summed E-state index contributed by atoms with van der Waals surface area (Å²) < 4.78 is 18.3. The summed E-state index contributed by atoms with van der Waals surface area (Å²) in [6.07, 6.45) is 4.11. The minimum atomic E-state index is -0.515. The summed E-state index contributed by atoms with van der Waals surface area (Å²) in [7, 11) is 0. The molecule has 74 valence electrons. The van der Waals surface area contributed by atoms with Gasteiger partial charge in [0.15, 0.2) is 17.9 Å². The number of rotatable bonds is 4. The van der Waals surface area contributed by atoms with E-state index in [1.165, 1.54) is 18.2 Å². The van der Waals surface area contributed by atoms with Crippen molar-refractivity contribution in [3.05, 3.63) is 41.7 Å². The number of ether oxygens (including phenoxy) is 1. The van der Waals surface area contributed by atoms with Gasteiger partial charge in [0.25, 0.3) is 0 Å². The van der Waals surface area contributed by atoms with Crippen LogP contribution in [0.1, 0.15) is 17.3 Å². The van der Waals surface area contributed by atoms with Crippen molar-refractivity contribution in [1.29, 1.82) is 0 Å². The maximum atomic E-state index is 13.2. The molecule has 0 atom stereocenters. The van der Waals surface area contributed by atoms with E-state index in [9.17, 15) is 9.18 Å². The van der Waals surface area contributed by atoms with Gasteiger partial charge in [-0.1, -0.05) is 18.2 Å². The van der Waals surface area contributed by atoms with Gasteiger partial charge in [-0.05, 0) is 19.1 Å². The first kappa shape index (κ1) is 10.4. The van der Waals surface area contributed by atoms with Gasteiger partial charge in [0.1, 0.15) is 6.61 Å². The Bertz CT molecular complexity index is 345. The largest absolute Gasteiger partial charge is 0.486 e. The Hall–Kier alpha value is -1.64. The third kappa shape index (κ3) is 2.42. The first-order chi connectivity index (χ1) is 6.79. The van der Waals surface area contributed by atoms with Gasteiger partial charge >= 0.3 is 0 Å². The maximum Gasteiger partial charge on any atom is 0.165 e. The van der Waals surface area contributed by atoms with Crippen molar-refractivity contribution < 1.29 is 13.9 Å². The number of carbonyl (C=O) groups is 1. The van der Waals surface area contributed by atoms with E-state index in [1.54, 1.807) is 12.2 Å². The number of aldehydes is 1. The number of benzene rings is 1. The van der Waals surface area contributed by atoms with E-state index in [0.717, 1.165) is 0 Å². The van der Waals surface area contributed by atoms with E-state index >= 15 is 0 Å². The smallest absolute Gasteiger partial charge is 0.165 e. The van der Waals surface area contributed by atoms with E-state index in [4.69, 9.17) is 4.74 Å². The molecule has 0 amide bonds. The fraction of sp³-hybridized carbons (Fsp3) is 0.182. The van der Waals surface area contributed by atoms with Gasteiger partial charge in [0, 0.05) is 0 Å². The third-order valence-electron chi connectivity index (χ3n) is 1.68. The molecule has 0 N–H and O–H groups in total. The van der Waals surface area contributed by atoms with E-state index in [-0.39, 0.29) is 17.9 Å². The zero-order chi connectivity index (χ0) is 10.4. The van der Waals surface area contributed by atoms with Crippen LogP contribution >= 0.6 is 0 Å². The van der Waals surface area contributed by atoms with Crippen LogP contribution in [0.3, 0.4) is 0 Å². The highest BCUT2D eigenvalue weighted by atomic mass is 19.1. The summed E-state index contributed by atoms with van der Waals surface area (Å²) in [5.74, 6) is -0.500. The molecule has 0 spiro atoms. The van der Waals surface area contributed by atoms with Crippen LogP contribution < -0.4 is 4.74 Å². The van der Waals surface area contributed by atoms with Crippen molar-refractivity contribution in [2.24, 2.45) is 0 Å². The van der Waals surface area contributed by atoms with Gasteiger partial charge in [-0.2, -0.15) is 0 Å². The molecule has 0 aliphatic heterocycles. The van der Waals surface area contributed by atoms with Crippen molar-refractivity contribution in [3.8, 4) is 5.75 Å². The average molecular weight is 194 g/mol. The summed E-state index contributed by atoms with van der Waals surface area (Å²) in [4.78, 5) is 10.5.